The second kappa shape index (κ2) is 10.3. The van der Waals surface area contributed by atoms with Gasteiger partial charge in [0.25, 0.3) is 5.91 Å². The minimum absolute atomic E-state index is 0.202. The summed E-state index contributed by atoms with van der Waals surface area (Å²) < 4.78 is 17.3. The summed E-state index contributed by atoms with van der Waals surface area (Å²) in [6.07, 6.45) is 0. The van der Waals surface area contributed by atoms with Crippen molar-refractivity contribution >= 4 is 22.7 Å². The zero-order chi connectivity index (χ0) is 20.6. The van der Waals surface area contributed by atoms with Crippen LogP contribution in [0.15, 0.2) is 59.5 Å². The summed E-state index contributed by atoms with van der Waals surface area (Å²) in [7, 11) is -1.26. The fourth-order valence-corrected chi connectivity index (χ4v) is 4.22. The van der Waals surface area contributed by atoms with Crippen molar-refractivity contribution in [3.05, 3.63) is 65.7 Å². The lowest BCUT2D eigenvalue weighted by molar-refractivity contribution is -0.136. The van der Waals surface area contributed by atoms with Crippen LogP contribution in [-0.2, 0) is 26.9 Å². The molecule has 0 spiro atoms. The first-order valence-electron chi connectivity index (χ1n) is 9.77. The van der Waals surface area contributed by atoms with Gasteiger partial charge in [0.1, 0.15) is 0 Å². The van der Waals surface area contributed by atoms with Gasteiger partial charge in [0.15, 0.2) is 6.61 Å². The van der Waals surface area contributed by atoms with Gasteiger partial charge in [-0.25, -0.2) is 4.79 Å². The summed E-state index contributed by atoms with van der Waals surface area (Å²) in [5.41, 5.74) is 1.51. The summed E-state index contributed by atoms with van der Waals surface area (Å²) in [5, 5.41) is 0. The Morgan fingerprint density at radius 2 is 1.62 bits per heavy atom. The third kappa shape index (κ3) is 5.74. The maximum atomic E-state index is 12.4. The molecule has 29 heavy (non-hydrogen) atoms. The summed E-state index contributed by atoms with van der Waals surface area (Å²) in [6.45, 7) is 5.14. The Labute approximate surface area is 173 Å². The summed E-state index contributed by atoms with van der Waals surface area (Å²) >= 11 is 0. The highest BCUT2D eigenvalue weighted by Crippen LogP contribution is 2.15. The van der Waals surface area contributed by atoms with Crippen molar-refractivity contribution in [3.63, 3.8) is 0 Å². The molecule has 2 aromatic carbocycles. The lowest BCUT2D eigenvalue weighted by atomic mass is 10.2. The molecule has 0 aliphatic carbocycles. The molecule has 1 heterocycles. The predicted octanol–water partition coefficient (Wildman–Crippen LogP) is 2.32. The van der Waals surface area contributed by atoms with E-state index >= 15 is 0 Å². The normalized spacial score (nSPS) is 15.7. The number of amides is 1. The molecule has 0 N–H and O–H groups in total. The van der Waals surface area contributed by atoms with Gasteiger partial charge in [0.05, 0.1) is 21.3 Å². The molecule has 6 nitrogen and oxygen atoms in total. The lowest BCUT2D eigenvalue weighted by Crippen LogP contribution is -2.49. The highest BCUT2D eigenvalue weighted by molar-refractivity contribution is 7.85. The summed E-state index contributed by atoms with van der Waals surface area (Å²) in [6, 6.07) is 16.9. The first-order chi connectivity index (χ1) is 14.1. The number of carbonyl (C=O) groups excluding carboxylic acids is 2. The van der Waals surface area contributed by atoms with E-state index < -0.39 is 16.8 Å². The van der Waals surface area contributed by atoms with Crippen molar-refractivity contribution in [1.82, 2.24) is 9.80 Å². The fourth-order valence-electron chi connectivity index (χ4n) is 3.28. The predicted molar refractivity (Wildman–Crippen MR) is 112 cm³/mol. The van der Waals surface area contributed by atoms with Crippen molar-refractivity contribution in [3.8, 4) is 0 Å². The van der Waals surface area contributed by atoms with Crippen LogP contribution in [0.1, 0.15) is 22.8 Å². The number of benzene rings is 2. The molecule has 1 amide bonds. The van der Waals surface area contributed by atoms with Gasteiger partial charge in [-0.3, -0.25) is 13.9 Å². The Hall–Kier alpha value is -2.51. The molecular weight excluding hydrogens is 388 g/mol. The largest absolute Gasteiger partial charge is 0.452 e. The Morgan fingerprint density at radius 3 is 2.31 bits per heavy atom. The minimum Gasteiger partial charge on any atom is -0.452 e. The van der Waals surface area contributed by atoms with E-state index in [1.54, 1.807) is 36.1 Å². The van der Waals surface area contributed by atoms with Gasteiger partial charge in [-0.2, -0.15) is 0 Å². The van der Waals surface area contributed by atoms with Crippen LogP contribution in [-0.4, -0.2) is 64.4 Å². The zero-order valence-electron chi connectivity index (χ0n) is 16.6. The Kier molecular flexibility index (Phi) is 7.55. The molecule has 1 saturated heterocycles. The molecule has 0 bridgehead atoms. The van der Waals surface area contributed by atoms with E-state index in [9.17, 15) is 13.8 Å². The minimum atomic E-state index is -1.26. The molecule has 3 rings (SSSR count). The number of carbonyl (C=O) groups is 2. The number of nitrogens with zero attached hydrogens (tertiary/aromatic N) is 2. The molecule has 2 aromatic rings. The van der Waals surface area contributed by atoms with E-state index in [0.717, 1.165) is 19.6 Å². The van der Waals surface area contributed by atoms with Gasteiger partial charge in [-0.05, 0) is 17.7 Å². The molecule has 1 aliphatic rings. The maximum Gasteiger partial charge on any atom is 0.339 e. The molecule has 7 heteroatoms. The van der Waals surface area contributed by atoms with E-state index in [2.05, 4.69) is 17.0 Å². The smallest absolute Gasteiger partial charge is 0.339 e. The average molecular weight is 415 g/mol. The topological polar surface area (TPSA) is 66.9 Å². The summed E-state index contributed by atoms with van der Waals surface area (Å²) in [5.74, 6) is -0.401. The second-order valence-corrected chi connectivity index (χ2v) is 8.56. The fraction of sp³-hybridized carbons (Fsp3) is 0.364. The van der Waals surface area contributed by atoms with Crippen molar-refractivity contribution in [1.29, 1.82) is 0 Å². The number of hydrogen-bond donors (Lipinski definition) is 0. The SMILES string of the molecule is CCS(=O)c1ccccc1C(=O)OCC(=O)N1CCN(Cc2ccccc2)CC1. The number of rotatable bonds is 7. The Morgan fingerprint density at radius 1 is 0.966 bits per heavy atom. The molecule has 1 unspecified atom stereocenters. The zero-order valence-corrected chi connectivity index (χ0v) is 17.4. The molecule has 0 radical (unpaired) electrons. The van der Waals surface area contributed by atoms with Crippen LogP contribution in [0.25, 0.3) is 0 Å². The molecule has 1 fully saturated rings. The number of esters is 1. The third-order valence-corrected chi connectivity index (χ3v) is 6.29. The van der Waals surface area contributed by atoms with Crippen LogP contribution in [0.3, 0.4) is 0 Å². The van der Waals surface area contributed by atoms with Gasteiger partial charge in [0, 0.05) is 38.5 Å². The van der Waals surface area contributed by atoms with Gasteiger partial charge in [0.2, 0.25) is 0 Å². The Bertz CT molecular complexity index is 864. The first kappa shape index (κ1) is 21.2. The average Bonchev–Trinajstić information content (AvgIpc) is 2.78. The van der Waals surface area contributed by atoms with Crippen LogP contribution in [0.5, 0.6) is 0 Å². The van der Waals surface area contributed by atoms with Crippen molar-refractivity contribution in [2.45, 2.75) is 18.4 Å². The standard InChI is InChI=1S/C22H26N2O4S/c1-2-29(27)20-11-7-6-10-19(20)22(26)28-17-21(25)24-14-12-23(13-15-24)16-18-8-4-3-5-9-18/h3-11H,2,12-17H2,1H3. The van der Waals surface area contributed by atoms with E-state index in [4.69, 9.17) is 4.74 Å². The van der Waals surface area contributed by atoms with Crippen LogP contribution < -0.4 is 0 Å². The van der Waals surface area contributed by atoms with E-state index in [1.807, 2.05) is 18.2 Å². The van der Waals surface area contributed by atoms with Crippen LogP contribution >= 0.6 is 0 Å². The Balaban J connectivity index is 1.48. The maximum absolute atomic E-state index is 12.4. The van der Waals surface area contributed by atoms with E-state index in [-0.39, 0.29) is 18.1 Å². The summed E-state index contributed by atoms with van der Waals surface area (Å²) in [4.78, 5) is 29.3. The molecular formula is C22H26N2O4S. The van der Waals surface area contributed by atoms with Crippen molar-refractivity contribution < 1.29 is 18.5 Å². The number of hydrogen-bond acceptors (Lipinski definition) is 5. The van der Waals surface area contributed by atoms with Crippen LogP contribution in [0.2, 0.25) is 0 Å². The van der Waals surface area contributed by atoms with Crippen molar-refractivity contribution in [2.24, 2.45) is 0 Å². The van der Waals surface area contributed by atoms with E-state index in [0.29, 0.717) is 23.7 Å². The van der Waals surface area contributed by atoms with Gasteiger partial charge < -0.3 is 9.64 Å². The van der Waals surface area contributed by atoms with Gasteiger partial charge in [-0.1, -0.05) is 49.4 Å². The quantitative estimate of drug-likeness (QED) is 0.651. The van der Waals surface area contributed by atoms with Gasteiger partial charge in [-0.15, -0.1) is 0 Å². The second-order valence-electron chi connectivity index (χ2n) is 6.85. The van der Waals surface area contributed by atoms with Crippen LogP contribution in [0.4, 0.5) is 0 Å². The van der Waals surface area contributed by atoms with E-state index in [1.165, 1.54) is 5.56 Å². The molecule has 1 aliphatic heterocycles. The molecule has 1 atom stereocenters. The third-order valence-electron chi connectivity index (χ3n) is 4.92. The van der Waals surface area contributed by atoms with Crippen molar-refractivity contribution in [2.75, 3.05) is 38.5 Å². The number of ether oxygens (including phenoxy) is 1. The molecule has 0 saturated carbocycles. The highest BCUT2D eigenvalue weighted by atomic mass is 32.2. The first-order valence-corrected chi connectivity index (χ1v) is 11.1. The highest BCUT2D eigenvalue weighted by Gasteiger charge is 2.23. The lowest BCUT2D eigenvalue weighted by Gasteiger charge is -2.34. The van der Waals surface area contributed by atoms with Crippen LogP contribution in [0, 0.1) is 0 Å². The molecule has 154 valence electrons. The number of piperazine rings is 1. The van der Waals surface area contributed by atoms with Gasteiger partial charge >= 0.3 is 5.97 Å². The molecule has 0 aromatic heterocycles. The monoisotopic (exact) mass is 414 g/mol.